The highest BCUT2D eigenvalue weighted by Crippen LogP contribution is 2.09. The second-order valence-corrected chi connectivity index (χ2v) is 3.34. The first kappa shape index (κ1) is 30.3. The third-order valence-corrected chi connectivity index (χ3v) is 2.12. The quantitative estimate of drug-likeness (QED) is 0.466. The van der Waals surface area contributed by atoms with Crippen molar-refractivity contribution in [1.82, 2.24) is 5.32 Å². The summed E-state index contributed by atoms with van der Waals surface area (Å²) in [6.45, 7) is 24.0. The fraction of sp³-hybridized carbons (Fsp3) is 0.333. The van der Waals surface area contributed by atoms with E-state index in [1.165, 1.54) is 36.5 Å². The number of hydrogen-bond donors (Lipinski definition) is 2. The maximum Gasteiger partial charge on any atom is 0.337 e. The zero-order valence-corrected chi connectivity index (χ0v) is 16.8. The molecule has 4 nitrogen and oxygen atoms in total. The summed E-state index contributed by atoms with van der Waals surface area (Å²) in [6.07, 6.45) is 8.48. The summed E-state index contributed by atoms with van der Waals surface area (Å²) in [7, 11) is 0. The molecule has 0 heterocycles. The Hall–Kier alpha value is -2.62. The first-order chi connectivity index (χ1) is 12.0. The van der Waals surface area contributed by atoms with Crippen LogP contribution in [0.25, 0.3) is 0 Å². The topological polar surface area (TPSA) is 66.4 Å². The molecule has 2 N–H and O–H groups in total. The molecule has 0 rings (SSSR count). The summed E-state index contributed by atoms with van der Waals surface area (Å²) in [4.78, 5) is 22.9. The van der Waals surface area contributed by atoms with Gasteiger partial charge in [0.2, 0.25) is 0 Å². The van der Waals surface area contributed by atoms with Crippen molar-refractivity contribution in [2.75, 3.05) is 0 Å². The maximum absolute atomic E-state index is 11.9. The van der Waals surface area contributed by atoms with Crippen molar-refractivity contribution in [3.05, 3.63) is 73.0 Å². The van der Waals surface area contributed by atoms with E-state index in [1.54, 1.807) is 6.92 Å². The van der Waals surface area contributed by atoms with Gasteiger partial charge >= 0.3 is 5.97 Å². The van der Waals surface area contributed by atoms with Gasteiger partial charge < -0.3 is 10.4 Å². The molecule has 25 heavy (non-hydrogen) atoms. The van der Waals surface area contributed by atoms with E-state index in [9.17, 15) is 9.59 Å². The van der Waals surface area contributed by atoms with Crippen LogP contribution in [0, 0.1) is 0 Å². The van der Waals surface area contributed by atoms with Crippen LogP contribution in [0.5, 0.6) is 0 Å². The molecule has 0 radical (unpaired) electrons. The van der Waals surface area contributed by atoms with Gasteiger partial charge in [-0.3, -0.25) is 4.79 Å². The van der Waals surface area contributed by atoms with E-state index < -0.39 is 11.9 Å². The second-order valence-electron chi connectivity index (χ2n) is 3.34. The molecular weight excluding hydrogens is 314 g/mol. The Bertz CT molecular complexity index is 495. The monoisotopic (exact) mass is 349 g/mol. The molecular formula is C21H35NO3. The third-order valence-electron chi connectivity index (χ3n) is 2.12. The van der Waals surface area contributed by atoms with E-state index in [2.05, 4.69) is 25.1 Å². The average Bonchev–Trinajstić information content (AvgIpc) is 2.65. The number of carboxylic acids is 1. The highest BCUT2D eigenvalue weighted by atomic mass is 16.4. The van der Waals surface area contributed by atoms with Gasteiger partial charge in [-0.05, 0) is 13.0 Å². The van der Waals surface area contributed by atoms with Crippen LogP contribution in [0.1, 0.15) is 48.5 Å². The first-order valence-corrected chi connectivity index (χ1v) is 8.51. The maximum atomic E-state index is 11.9. The zero-order chi connectivity index (χ0) is 20.8. The lowest BCUT2D eigenvalue weighted by Gasteiger charge is -2.10. The number of hydrogen-bond acceptors (Lipinski definition) is 2. The van der Waals surface area contributed by atoms with Gasteiger partial charge in [-0.2, -0.15) is 0 Å². The summed E-state index contributed by atoms with van der Waals surface area (Å²) in [6, 6.07) is 0. The van der Waals surface area contributed by atoms with Gasteiger partial charge in [0.05, 0.1) is 11.3 Å². The van der Waals surface area contributed by atoms with Gasteiger partial charge in [0, 0.05) is 5.57 Å². The minimum absolute atomic E-state index is 0.0183. The molecule has 0 spiro atoms. The van der Waals surface area contributed by atoms with Crippen LogP contribution >= 0.6 is 0 Å². The van der Waals surface area contributed by atoms with Crippen molar-refractivity contribution in [1.29, 1.82) is 0 Å². The average molecular weight is 350 g/mol. The first-order valence-electron chi connectivity index (χ1n) is 8.51. The van der Waals surface area contributed by atoms with Gasteiger partial charge in [-0.15, -0.1) is 0 Å². The molecule has 0 atom stereocenters. The lowest BCUT2D eigenvalue weighted by Crippen LogP contribution is -2.26. The second kappa shape index (κ2) is 23.6. The van der Waals surface area contributed by atoms with E-state index in [4.69, 9.17) is 5.11 Å². The molecule has 0 saturated carbocycles. The van der Waals surface area contributed by atoms with Crippen LogP contribution in [-0.4, -0.2) is 17.0 Å². The number of amides is 1. The summed E-state index contributed by atoms with van der Waals surface area (Å²) >= 11 is 0. The largest absolute Gasteiger partial charge is 0.478 e. The highest BCUT2D eigenvalue weighted by molar-refractivity contribution is 6.00. The lowest BCUT2D eigenvalue weighted by atomic mass is 10.1. The number of nitrogens with one attached hydrogen (secondary N) is 1. The Balaban J connectivity index is -0.000000329. The Labute approximate surface area is 154 Å². The molecule has 1 amide bonds. The van der Waals surface area contributed by atoms with Gasteiger partial charge in [0.15, 0.2) is 0 Å². The SMILES string of the molecule is C=C/C=C(\C=C)C(=O)NC(=C/C=C)/C(=C\C)C(=O)O.CC.CC.CC. The molecule has 0 aromatic rings. The van der Waals surface area contributed by atoms with Crippen LogP contribution in [0.15, 0.2) is 73.0 Å². The summed E-state index contributed by atoms with van der Waals surface area (Å²) < 4.78 is 0. The van der Waals surface area contributed by atoms with E-state index in [-0.39, 0.29) is 16.8 Å². The van der Waals surface area contributed by atoms with Crippen LogP contribution in [0.4, 0.5) is 0 Å². The van der Waals surface area contributed by atoms with Gasteiger partial charge in [-0.25, -0.2) is 4.79 Å². The molecule has 0 aliphatic rings. The normalized spacial score (nSPS) is 10.3. The lowest BCUT2D eigenvalue weighted by molar-refractivity contribution is -0.132. The van der Waals surface area contributed by atoms with Crippen molar-refractivity contribution in [2.45, 2.75) is 48.5 Å². The Morgan fingerprint density at radius 2 is 1.32 bits per heavy atom. The van der Waals surface area contributed by atoms with Crippen LogP contribution < -0.4 is 5.32 Å². The van der Waals surface area contributed by atoms with Crippen molar-refractivity contribution in [2.24, 2.45) is 0 Å². The number of rotatable bonds is 7. The summed E-state index contributed by atoms with van der Waals surface area (Å²) in [5.74, 6) is -1.60. The Morgan fingerprint density at radius 3 is 1.60 bits per heavy atom. The fourth-order valence-electron chi connectivity index (χ4n) is 1.27. The van der Waals surface area contributed by atoms with Gasteiger partial charge in [0.1, 0.15) is 0 Å². The number of carbonyl (C=O) groups excluding carboxylic acids is 1. The standard InChI is InChI=1S/C15H17NO3.3C2H6/c1-5-9-11(7-3)14(17)16-13(10-6-2)12(8-4)15(18)19;3*1-2/h5-10H,1-3H2,4H3,(H,16,17)(H,18,19);3*1-2H3/b11-9+,12-8+,13-10+;;;. The van der Waals surface area contributed by atoms with E-state index in [0.717, 1.165) is 0 Å². The number of carbonyl (C=O) groups is 2. The summed E-state index contributed by atoms with van der Waals surface area (Å²) in [5.41, 5.74) is 0.424. The molecule has 0 fully saturated rings. The molecule has 0 aliphatic carbocycles. The molecule has 0 saturated heterocycles. The molecule has 0 bridgehead atoms. The summed E-state index contributed by atoms with van der Waals surface area (Å²) in [5, 5.41) is 11.5. The predicted molar refractivity (Wildman–Crippen MR) is 110 cm³/mol. The fourth-order valence-corrected chi connectivity index (χ4v) is 1.27. The molecule has 0 aliphatic heterocycles. The van der Waals surface area contributed by atoms with Crippen LogP contribution in [-0.2, 0) is 9.59 Å². The van der Waals surface area contributed by atoms with Crippen molar-refractivity contribution in [3.8, 4) is 0 Å². The van der Waals surface area contributed by atoms with Gasteiger partial charge in [-0.1, -0.05) is 91.7 Å². The smallest absolute Gasteiger partial charge is 0.337 e. The van der Waals surface area contributed by atoms with E-state index in [1.807, 2.05) is 41.5 Å². The number of allylic oxidation sites excluding steroid dienone is 5. The van der Waals surface area contributed by atoms with E-state index >= 15 is 0 Å². The Morgan fingerprint density at radius 1 is 0.880 bits per heavy atom. The Kier molecular flexibility index (Phi) is 28.6. The van der Waals surface area contributed by atoms with Crippen molar-refractivity contribution in [3.63, 3.8) is 0 Å². The molecule has 142 valence electrons. The van der Waals surface area contributed by atoms with Crippen molar-refractivity contribution >= 4 is 11.9 Å². The zero-order valence-electron chi connectivity index (χ0n) is 16.8. The van der Waals surface area contributed by atoms with Crippen molar-refractivity contribution < 1.29 is 14.7 Å². The third kappa shape index (κ3) is 14.7. The molecule has 4 heteroatoms. The molecule has 0 aromatic heterocycles. The van der Waals surface area contributed by atoms with Crippen LogP contribution in [0.3, 0.4) is 0 Å². The number of aliphatic carboxylic acids is 1. The van der Waals surface area contributed by atoms with Gasteiger partial charge in [0.25, 0.3) is 5.91 Å². The minimum Gasteiger partial charge on any atom is -0.478 e. The predicted octanol–water partition coefficient (Wildman–Crippen LogP) is 5.58. The molecule has 0 aromatic carbocycles. The van der Waals surface area contributed by atoms with E-state index in [0.29, 0.717) is 0 Å². The minimum atomic E-state index is -1.14. The molecule has 0 unspecified atom stereocenters. The van der Waals surface area contributed by atoms with Crippen LogP contribution in [0.2, 0.25) is 0 Å². The number of carboxylic acid groups (broad SMARTS) is 1. The highest BCUT2D eigenvalue weighted by Gasteiger charge is 2.15.